The highest BCUT2D eigenvalue weighted by Gasteiger charge is 2.32. The largest absolute Gasteiger partial charge is 0.340 e. The number of nitrogens with zero attached hydrogens (tertiary/aromatic N) is 2. The fourth-order valence-electron chi connectivity index (χ4n) is 3.19. The molecule has 1 aromatic carbocycles. The first-order chi connectivity index (χ1) is 11.5. The van der Waals surface area contributed by atoms with Crippen LogP contribution in [0, 0.1) is 5.92 Å². The second kappa shape index (κ2) is 7.42. The topological polar surface area (TPSA) is 57.7 Å². The molecule has 1 amide bonds. The van der Waals surface area contributed by atoms with Gasteiger partial charge < -0.3 is 4.90 Å². The third-order valence-corrected chi connectivity index (χ3v) is 7.37. The molecule has 24 heavy (non-hydrogen) atoms. The van der Waals surface area contributed by atoms with Gasteiger partial charge in [0, 0.05) is 31.2 Å². The Bertz CT molecular complexity index is 696. The molecule has 7 heteroatoms. The molecule has 5 nitrogen and oxygen atoms in total. The summed E-state index contributed by atoms with van der Waals surface area (Å²) in [6, 6.07) is 7.32. The molecule has 1 heterocycles. The van der Waals surface area contributed by atoms with Gasteiger partial charge in [0.2, 0.25) is 15.9 Å². The Hall–Kier alpha value is -1.11. The van der Waals surface area contributed by atoms with E-state index in [9.17, 15) is 13.2 Å². The van der Waals surface area contributed by atoms with Crippen LogP contribution in [0.4, 0.5) is 0 Å². The monoisotopic (exact) mass is 370 g/mol. The summed E-state index contributed by atoms with van der Waals surface area (Å²) >= 11 is 6.10. The smallest absolute Gasteiger partial charge is 0.227 e. The first-order valence-corrected chi connectivity index (χ1v) is 10.4. The van der Waals surface area contributed by atoms with Crippen molar-refractivity contribution < 1.29 is 13.2 Å². The van der Waals surface area contributed by atoms with Gasteiger partial charge in [-0.25, -0.2) is 8.42 Å². The van der Waals surface area contributed by atoms with E-state index in [1.807, 2.05) is 18.2 Å². The van der Waals surface area contributed by atoms with Gasteiger partial charge in [0.25, 0.3) is 0 Å². The van der Waals surface area contributed by atoms with Crippen molar-refractivity contribution in [3.63, 3.8) is 0 Å². The van der Waals surface area contributed by atoms with Gasteiger partial charge in [-0.3, -0.25) is 4.79 Å². The summed E-state index contributed by atoms with van der Waals surface area (Å²) in [5.74, 6) is 0.592. The molecule has 0 N–H and O–H groups in total. The number of carbonyl (C=O) groups is 1. The van der Waals surface area contributed by atoms with E-state index in [-0.39, 0.29) is 18.1 Å². The van der Waals surface area contributed by atoms with E-state index in [4.69, 9.17) is 11.6 Å². The molecule has 1 aliphatic carbocycles. The van der Waals surface area contributed by atoms with Crippen LogP contribution in [0.3, 0.4) is 0 Å². The average molecular weight is 371 g/mol. The van der Waals surface area contributed by atoms with Gasteiger partial charge in [-0.2, -0.15) is 4.31 Å². The summed E-state index contributed by atoms with van der Waals surface area (Å²) in [4.78, 5) is 14.1. The molecule has 0 bridgehead atoms. The third kappa shape index (κ3) is 4.10. The highest BCUT2D eigenvalue weighted by Crippen LogP contribution is 2.28. The lowest BCUT2D eigenvalue weighted by Crippen LogP contribution is -2.52. The molecule has 1 aromatic rings. The Balaban J connectivity index is 1.52. The molecule has 0 radical (unpaired) electrons. The van der Waals surface area contributed by atoms with Crippen LogP contribution >= 0.6 is 11.6 Å². The number of benzene rings is 1. The maximum atomic E-state index is 12.4. The van der Waals surface area contributed by atoms with Crippen molar-refractivity contribution in [2.45, 2.75) is 25.7 Å². The van der Waals surface area contributed by atoms with Gasteiger partial charge in [-0.05, 0) is 30.4 Å². The summed E-state index contributed by atoms with van der Waals surface area (Å²) in [6.07, 6.45) is 3.45. The number of hydrogen-bond donors (Lipinski definition) is 0. The Labute approximate surface area is 148 Å². The van der Waals surface area contributed by atoms with Crippen molar-refractivity contribution in [2.24, 2.45) is 5.92 Å². The molecule has 2 aliphatic rings. The lowest BCUT2D eigenvalue weighted by Gasteiger charge is -2.35. The second-order valence-corrected chi connectivity index (χ2v) is 9.04. The Morgan fingerprint density at radius 2 is 1.79 bits per heavy atom. The van der Waals surface area contributed by atoms with Gasteiger partial charge in [0.1, 0.15) is 0 Å². The average Bonchev–Trinajstić information content (AvgIpc) is 2.53. The zero-order valence-electron chi connectivity index (χ0n) is 13.7. The molecule has 1 saturated carbocycles. The number of amides is 1. The number of carbonyl (C=O) groups excluding carboxylic acids is 1. The van der Waals surface area contributed by atoms with E-state index in [1.54, 1.807) is 15.3 Å². The lowest BCUT2D eigenvalue weighted by molar-refractivity contribution is -0.131. The number of piperazine rings is 1. The fraction of sp³-hybridized carbons (Fsp3) is 0.588. The van der Waals surface area contributed by atoms with E-state index in [2.05, 4.69) is 0 Å². The van der Waals surface area contributed by atoms with Gasteiger partial charge in [-0.1, -0.05) is 36.2 Å². The molecule has 1 aliphatic heterocycles. The quantitative estimate of drug-likeness (QED) is 0.798. The maximum absolute atomic E-state index is 12.4. The Kier molecular flexibility index (Phi) is 5.47. The van der Waals surface area contributed by atoms with E-state index >= 15 is 0 Å². The molecule has 3 rings (SSSR count). The van der Waals surface area contributed by atoms with Gasteiger partial charge in [0.15, 0.2) is 0 Å². The van der Waals surface area contributed by atoms with Crippen LogP contribution in [0.5, 0.6) is 0 Å². The summed E-state index contributed by atoms with van der Waals surface area (Å²) in [7, 11) is -3.18. The van der Waals surface area contributed by atoms with Crippen molar-refractivity contribution in [3.05, 3.63) is 34.9 Å². The predicted molar refractivity (Wildman–Crippen MR) is 94.4 cm³/mol. The minimum Gasteiger partial charge on any atom is -0.340 e. The number of sulfonamides is 1. The first-order valence-electron chi connectivity index (χ1n) is 8.45. The zero-order chi connectivity index (χ0) is 17.2. The first kappa shape index (κ1) is 17.7. The summed E-state index contributed by atoms with van der Waals surface area (Å²) in [5.41, 5.74) is 0.809. The van der Waals surface area contributed by atoms with Crippen LogP contribution in [0.25, 0.3) is 0 Å². The Morgan fingerprint density at radius 1 is 1.12 bits per heavy atom. The van der Waals surface area contributed by atoms with Crippen LogP contribution in [0.1, 0.15) is 24.8 Å². The number of hydrogen-bond acceptors (Lipinski definition) is 3. The zero-order valence-corrected chi connectivity index (χ0v) is 15.2. The van der Waals surface area contributed by atoms with Crippen molar-refractivity contribution >= 4 is 27.5 Å². The minimum atomic E-state index is -3.18. The lowest BCUT2D eigenvalue weighted by atomic mass is 9.87. The van der Waals surface area contributed by atoms with Crippen molar-refractivity contribution in [1.29, 1.82) is 0 Å². The number of halogens is 1. The molecule has 2 fully saturated rings. The van der Waals surface area contributed by atoms with E-state index < -0.39 is 10.0 Å². The van der Waals surface area contributed by atoms with Crippen molar-refractivity contribution in [3.8, 4) is 0 Å². The molecule has 0 atom stereocenters. The highest BCUT2D eigenvalue weighted by molar-refractivity contribution is 7.89. The third-order valence-electron chi connectivity index (χ3n) is 4.96. The normalized spacial score (nSPS) is 20.0. The van der Waals surface area contributed by atoms with Crippen molar-refractivity contribution in [2.75, 3.05) is 31.9 Å². The molecule has 0 aromatic heterocycles. The van der Waals surface area contributed by atoms with E-state index in [0.29, 0.717) is 37.1 Å². The summed E-state index contributed by atoms with van der Waals surface area (Å²) in [6.45, 7) is 1.69. The second-order valence-electron chi connectivity index (χ2n) is 6.62. The molecular formula is C17H23ClN2O3S. The minimum absolute atomic E-state index is 0.000795. The van der Waals surface area contributed by atoms with Crippen molar-refractivity contribution in [1.82, 2.24) is 9.21 Å². The highest BCUT2D eigenvalue weighted by atomic mass is 35.5. The number of rotatable bonds is 5. The SMILES string of the molecule is O=C(Cc1ccccc1Cl)N1CCN(S(=O)(=O)CC2CCC2)CC1. The summed E-state index contributed by atoms with van der Waals surface area (Å²) in [5, 5.41) is 0.590. The maximum Gasteiger partial charge on any atom is 0.227 e. The predicted octanol–water partition coefficient (Wildman–Crippen LogP) is 2.16. The van der Waals surface area contributed by atoms with Gasteiger partial charge in [0.05, 0.1) is 12.2 Å². The standard InChI is InChI=1S/C17H23ClN2O3S/c18-16-7-2-1-6-15(16)12-17(21)19-8-10-20(11-9-19)24(22,23)13-14-4-3-5-14/h1-2,6-7,14H,3-5,8-13H2. The summed E-state index contributed by atoms with van der Waals surface area (Å²) < 4.78 is 26.4. The fourth-order valence-corrected chi connectivity index (χ4v) is 5.26. The Morgan fingerprint density at radius 3 is 2.38 bits per heavy atom. The van der Waals surface area contributed by atoms with Gasteiger partial charge >= 0.3 is 0 Å². The molecular weight excluding hydrogens is 348 g/mol. The van der Waals surface area contributed by atoms with Crippen LogP contribution < -0.4 is 0 Å². The van der Waals surface area contributed by atoms with Crippen LogP contribution in [-0.4, -0.2) is 55.5 Å². The van der Waals surface area contributed by atoms with E-state index in [1.165, 1.54) is 0 Å². The molecule has 0 unspecified atom stereocenters. The van der Waals surface area contributed by atoms with E-state index in [0.717, 1.165) is 24.8 Å². The molecule has 0 spiro atoms. The van der Waals surface area contributed by atoms with Crippen LogP contribution in [-0.2, 0) is 21.2 Å². The van der Waals surface area contributed by atoms with Crippen LogP contribution in [0.2, 0.25) is 5.02 Å². The van der Waals surface area contributed by atoms with Crippen LogP contribution in [0.15, 0.2) is 24.3 Å². The molecule has 132 valence electrons. The van der Waals surface area contributed by atoms with Gasteiger partial charge in [-0.15, -0.1) is 0 Å². The molecule has 1 saturated heterocycles.